The van der Waals surface area contributed by atoms with Crippen LogP contribution in [0.5, 0.6) is 0 Å². The maximum Gasteiger partial charge on any atom is 0.162 e. The van der Waals surface area contributed by atoms with Crippen LogP contribution < -0.4 is 5.43 Å². The molecule has 3 aromatic carbocycles. The fourth-order valence-electron chi connectivity index (χ4n) is 2.87. The monoisotopic (exact) mass is 382 g/mol. The van der Waals surface area contributed by atoms with Gasteiger partial charge in [-0.2, -0.15) is 5.10 Å². The molecule has 142 valence electrons. The second-order valence-electron chi connectivity index (χ2n) is 6.51. The van der Waals surface area contributed by atoms with E-state index in [0.717, 1.165) is 28.1 Å². The third-order valence-corrected chi connectivity index (χ3v) is 4.43. The molecule has 0 aliphatic heterocycles. The molecule has 0 unspecified atom stereocenters. The lowest BCUT2D eigenvalue weighted by atomic mass is 10.1. The van der Waals surface area contributed by atoms with Crippen LogP contribution in [0.15, 0.2) is 96.1 Å². The number of anilines is 1. The third-order valence-electron chi connectivity index (χ3n) is 4.43. The van der Waals surface area contributed by atoms with Gasteiger partial charge in [-0.1, -0.05) is 72.8 Å². The van der Waals surface area contributed by atoms with Crippen LogP contribution in [0.2, 0.25) is 0 Å². The van der Waals surface area contributed by atoms with Crippen LogP contribution in [0, 0.1) is 5.82 Å². The summed E-state index contributed by atoms with van der Waals surface area (Å²) in [5.41, 5.74) is 7.30. The summed E-state index contributed by atoms with van der Waals surface area (Å²) < 4.78 is 13.1. The zero-order chi connectivity index (χ0) is 20.1. The van der Waals surface area contributed by atoms with Crippen molar-refractivity contribution in [1.82, 2.24) is 9.97 Å². The maximum atomic E-state index is 13.1. The van der Waals surface area contributed by atoms with Gasteiger partial charge in [0.2, 0.25) is 0 Å². The molecular formula is C24H19FN4. The first-order chi connectivity index (χ1) is 14.2. The SMILES string of the molecule is C/C(=N/Nc1cc(-c2ccccc2)nc(-c2ccccc2)n1)c1ccc(F)cc1. The van der Waals surface area contributed by atoms with Crippen molar-refractivity contribution < 1.29 is 4.39 Å². The van der Waals surface area contributed by atoms with Gasteiger partial charge in [0.1, 0.15) is 5.82 Å². The van der Waals surface area contributed by atoms with Crippen molar-refractivity contribution in [2.75, 3.05) is 5.43 Å². The van der Waals surface area contributed by atoms with Gasteiger partial charge < -0.3 is 0 Å². The highest BCUT2D eigenvalue weighted by Gasteiger charge is 2.08. The second-order valence-corrected chi connectivity index (χ2v) is 6.51. The zero-order valence-corrected chi connectivity index (χ0v) is 15.9. The van der Waals surface area contributed by atoms with Crippen LogP contribution in [0.4, 0.5) is 10.2 Å². The van der Waals surface area contributed by atoms with Gasteiger partial charge in [0.25, 0.3) is 0 Å². The van der Waals surface area contributed by atoms with Crippen molar-refractivity contribution in [2.24, 2.45) is 5.10 Å². The van der Waals surface area contributed by atoms with Gasteiger partial charge in [0, 0.05) is 17.2 Å². The van der Waals surface area contributed by atoms with Crippen LogP contribution in [-0.2, 0) is 0 Å². The quantitative estimate of drug-likeness (QED) is 0.351. The Labute approximate surface area is 168 Å². The van der Waals surface area contributed by atoms with Gasteiger partial charge in [0.05, 0.1) is 11.4 Å². The normalized spacial score (nSPS) is 11.3. The van der Waals surface area contributed by atoms with Crippen LogP contribution in [0.3, 0.4) is 0 Å². The van der Waals surface area contributed by atoms with E-state index < -0.39 is 0 Å². The largest absolute Gasteiger partial charge is 0.261 e. The molecule has 5 heteroatoms. The highest BCUT2D eigenvalue weighted by molar-refractivity contribution is 5.99. The maximum absolute atomic E-state index is 13.1. The van der Waals surface area contributed by atoms with E-state index in [-0.39, 0.29) is 5.82 Å². The number of hydrogen-bond donors (Lipinski definition) is 1. The molecule has 4 aromatic rings. The van der Waals surface area contributed by atoms with Gasteiger partial charge in [-0.15, -0.1) is 0 Å². The summed E-state index contributed by atoms with van der Waals surface area (Å²) in [6.45, 7) is 1.86. The van der Waals surface area contributed by atoms with Crippen molar-refractivity contribution in [3.05, 3.63) is 102 Å². The fraction of sp³-hybridized carbons (Fsp3) is 0.0417. The first-order valence-electron chi connectivity index (χ1n) is 9.25. The lowest BCUT2D eigenvalue weighted by Crippen LogP contribution is -2.03. The smallest absolute Gasteiger partial charge is 0.162 e. The average Bonchev–Trinajstić information content (AvgIpc) is 2.79. The first kappa shape index (κ1) is 18.5. The molecule has 1 aromatic heterocycles. The molecule has 0 saturated heterocycles. The number of rotatable bonds is 5. The number of aromatic nitrogens is 2. The molecular weight excluding hydrogens is 363 g/mol. The molecule has 1 heterocycles. The van der Waals surface area contributed by atoms with E-state index >= 15 is 0 Å². The van der Waals surface area contributed by atoms with E-state index in [1.54, 1.807) is 12.1 Å². The Morgan fingerprint density at radius 1 is 0.793 bits per heavy atom. The highest BCUT2D eigenvalue weighted by atomic mass is 19.1. The highest BCUT2D eigenvalue weighted by Crippen LogP contribution is 2.24. The van der Waals surface area contributed by atoms with E-state index in [1.165, 1.54) is 12.1 Å². The predicted octanol–water partition coefficient (Wildman–Crippen LogP) is 5.79. The Morgan fingerprint density at radius 3 is 2.07 bits per heavy atom. The summed E-state index contributed by atoms with van der Waals surface area (Å²) >= 11 is 0. The number of nitrogens with one attached hydrogen (secondary N) is 1. The predicted molar refractivity (Wildman–Crippen MR) is 115 cm³/mol. The molecule has 0 atom stereocenters. The van der Waals surface area contributed by atoms with Crippen molar-refractivity contribution in [3.63, 3.8) is 0 Å². The standard InChI is InChI=1S/C24H19FN4/c1-17(18-12-14-21(25)15-13-18)28-29-23-16-22(19-8-4-2-5-9-19)26-24(27-23)20-10-6-3-7-11-20/h2-16H,1H3,(H,26,27,29)/b28-17-. The number of nitrogens with zero attached hydrogens (tertiary/aromatic N) is 3. The number of halogens is 1. The first-order valence-corrected chi connectivity index (χ1v) is 9.25. The van der Waals surface area contributed by atoms with Crippen LogP contribution in [0.1, 0.15) is 12.5 Å². The average molecular weight is 382 g/mol. The number of benzene rings is 3. The van der Waals surface area contributed by atoms with Crippen molar-refractivity contribution >= 4 is 11.5 Å². The van der Waals surface area contributed by atoms with E-state index in [2.05, 4.69) is 15.5 Å². The summed E-state index contributed by atoms with van der Waals surface area (Å²) in [6, 6.07) is 27.8. The van der Waals surface area contributed by atoms with Gasteiger partial charge in [0.15, 0.2) is 11.6 Å². The molecule has 0 aliphatic rings. The molecule has 0 fully saturated rings. The lowest BCUT2D eigenvalue weighted by Gasteiger charge is -2.09. The van der Waals surface area contributed by atoms with E-state index in [1.807, 2.05) is 73.7 Å². The molecule has 4 rings (SSSR count). The number of hydrazone groups is 1. The molecule has 29 heavy (non-hydrogen) atoms. The molecule has 0 amide bonds. The zero-order valence-electron chi connectivity index (χ0n) is 15.9. The van der Waals surface area contributed by atoms with Crippen molar-refractivity contribution in [1.29, 1.82) is 0 Å². The lowest BCUT2D eigenvalue weighted by molar-refractivity contribution is 0.628. The molecule has 1 N–H and O–H groups in total. The Hall–Kier alpha value is -3.86. The van der Waals surface area contributed by atoms with Gasteiger partial charge in [-0.3, -0.25) is 5.43 Å². The van der Waals surface area contributed by atoms with Crippen molar-refractivity contribution in [2.45, 2.75) is 6.92 Å². The summed E-state index contributed by atoms with van der Waals surface area (Å²) in [4.78, 5) is 9.35. The Morgan fingerprint density at radius 2 is 1.41 bits per heavy atom. The topological polar surface area (TPSA) is 50.2 Å². The second kappa shape index (κ2) is 8.44. The van der Waals surface area contributed by atoms with Crippen molar-refractivity contribution in [3.8, 4) is 22.6 Å². The van der Waals surface area contributed by atoms with Gasteiger partial charge >= 0.3 is 0 Å². The number of hydrogen-bond acceptors (Lipinski definition) is 4. The van der Waals surface area contributed by atoms with Gasteiger partial charge in [-0.25, -0.2) is 14.4 Å². The van der Waals surface area contributed by atoms with Gasteiger partial charge in [-0.05, 0) is 24.6 Å². The summed E-state index contributed by atoms with van der Waals surface area (Å²) in [5, 5.41) is 4.42. The minimum Gasteiger partial charge on any atom is -0.261 e. The van der Waals surface area contributed by atoms with Crippen LogP contribution in [0.25, 0.3) is 22.6 Å². The molecule has 0 saturated carbocycles. The fourth-order valence-corrected chi connectivity index (χ4v) is 2.87. The van der Waals surface area contributed by atoms with E-state index in [0.29, 0.717) is 11.6 Å². The summed E-state index contributed by atoms with van der Waals surface area (Å²) in [6.07, 6.45) is 0. The summed E-state index contributed by atoms with van der Waals surface area (Å²) in [7, 11) is 0. The Bertz CT molecular complexity index is 1070. The summed E-state index contributed by atoms with van der Waals surface area (Å²) in [5.74, 6) is 0.925. The molecule has 0 bridgehead atoms. The molecule has 0 spiro atoms. The molecule has 4 nitrogen and oxygen atoms in total. The Balaban J connectivity index is 1.70. The Kier molecular flexibility index (Phi) is 5.38. The van der Waals surface area contributed by atoms with Crippen LogP contribution in [-0.4, -0.2) is 15.7 Å². The third kappa shape index (κ3) is 4.52. The van der Waals surface area contributed by atoms with E-state index in [9.17, 15) is 4.39 Å². The van der Waals surface area contributed by atoms with E-state index in [4.69, 9.17) is 4.98 Å². The minimum absolute atomic E-state index is 0.273. The van der Waals surface area contributed by atoms with Crippen LogP contribution >= 0.6 is 0 Å². The molecule has 0 aliphatic carbocycles. The molecule has 0 radical (unpaired) electrons. The minimum atomic E-state index is -0.273.